The van der Waals surface area contributed by atoms with Gasteiger partial charge >= 0.3 is 5.97 Å². The Morgan fingerprint density at radius 2 is 0.923 bits per heavy atom. The van der Waals surface area contributed by atoms with Gasteiger partial charge in [-0.05, 0) is 44.9 Å². The fourth-order valence-electron chi connectivity index (χ4n) is 14.6. The molecule has 0 radical (unpaired) electrons. The first-order valence-corrected chi connectivity index (χ1v) is 41.7. The number of rotatable bonds is 66. The van der Waals surface area contributed by atoms with E-state index in [0.29, 0.717) is 19.3 Å². The number of amides is 2. The quantitative estimate of drug-likeness (QED) is 0.0199. The van der Waals surface area contributed by atoms with E-state index in [9.17, 15) is 75.7 Å². The average molecular weight is 1490 g/mol. The second-order valence-electron chi connectivity index (χ2n) is 30.3. The molecule has 2 amide bonds. The molecule has 0 aliphatic carbocycles. The lowest BCUT2D eigenvalue weighted by atomic mass is 9.88. The Labute approximate surface area is 625 Å². The fraction of sp³-hybridized carbons (Fsp3) is 0.914. The van der Waals surface area contributed by atoms with Crippen LogP contribution in [0.4, 0.5) is 0 Å². The van der Waals surface area contributed by atoms with E-state index < -0.39 is 148 Å². The number of ether oxygens (including phenoxy) is 6. The molecule has 0 aromatic rings. The Hall–Kier alpha value is -2.79. The van der Waals surface area contributed by atoms with Crippen LogP contribution in [0.3, 0.4) is 0 Å². The van der Waals surface area contributed by atoms with Gasteiger partial charge in [-0.3, -0.25) is 9.59 Å². The van der Waals surface area contributed by atoms with Gasteiger partial charge in [0.1, 0.15) is 67.1 Å². The third kappa shape index (κ3) is 39.7. The molecule has 0 aromatic heterocycles. The van der Waals surface area contributed by atoms with Crippen LogP contribution in [0.1, 0.15) is 335 Å². The van der Waals surface area contributed by atoms with Crippen LogP contribution in [0.15, 0.2) is 24.3 Å². The molecule has 23 nitrogen and oxygen atoms in total. The summed E-state index contributed by atoms with van der Waals surface area (Å²) in [6.07, 6.45) is 38.1. The van der Waals surface area contributed by atoms with E-state index >= 15 is 0 Å². The summed E-state index contributed by atoms with van der Waals surface area (Å²) in [7, 11) is 0. The van der Waals surface area contributed by atoms with Crippen LogP contribution in [0.25, 0.3) is 0 Å². The molecule has 610 valence electrons. The molecule has 3 heterocycles. The molecule has 3 aliphatic rings. The molecule has 0 saturated carbocycles. The zero-order chi connectivity index (χ0) is 76.0. The number of carboxylic acid groups (broad SMARTS) is 1. The zero-order valence-corrected chi connectivity index (χ0v) is 64.6. The lowest BCUT2D eigenvalue weighted by molar-refractivity contribution is -0.386. The third-order valence-corrected chi connectivity index (χ3v) is 21.2. The Balaban J connectivity index is 1.37. The molecule has 0 spiro atoms. The van der Waals surface area contributed by atoms with Gasteiger partial charge in [0, 0.05) is 19.8 Å². The fourth-order valence-corrected chi connectivity index (χ4v) is 14.6. The van der Waals surface area contributed by atoms with Crippen molar-refractivity contribution in [1.29, 1.82) is 0 Å². The van der Waals surface area contributed by atoms with Crippen LogP contribution in [0.2, 0.25) is 0 Å². The number of aliphatic carboxylic acids is 1. The summed E-state index contributed by atoms with van der Waals surface area (Å²) in [6, 6.07) is -2.53. The maximum Gasteiger partial charge on any atom is 0.364 e. The smallest absolute Gasteiger partial charge is 0.364 e. The van der Waals surface area contributed by atoms with Gasteiger partial charge in [-0.1, -0.05) is 295 Å². The highest BCUT2D eigenvalue weighted by molar-refractivity contribution is 5.77. The number of nitrogens with one attached hydrogen (secondary N) is 2. The Morgan fingerprint density at radius 1 is 0.500 bits per heavy atom. The van der Waals surface area contributed by atoms with Gasteiger partial charge in [0.15, 0.2) is 12.6 Å². The van der Waals surface area contributed by atoms with Gasteiger partial charge in [-0.25, -0.2) is 4.79 Å². The molecule has 3 aliphatic heterocycles. The number of carbonyl (C=O) groups excluding carboxylic acids is 2. The van der Waals surface area contributed by atoms with Crippen LogP contribution < -0.4 is 10.6 Å². The summed E-state index contributed by atoms with van der Waals surface area (Å²) < 4.78 is 34.9. The Morgan fingerprint density at radius 3 is 1.35 bits per heavy atom. The topological polar surface area (TPSA) is 373 Å². The number of hydrogen-bond acceptors (Lipinski definition) is 20. The van der Waals surface area contributed by atoms with E-state index in [1.165, 1.54) is 225 Å². The number of carboxylic acids is 1. The van der Waals surface area contributed by atoms with Crippen molar-refractivity contribution >= 4 is 17.8 Å². The predicted octanol–water partition coefficient (Wildman–Crippen LogP) is 11.5. The summed E-state index contributed by atoms with van der Waals surface area (Å²) in [5, 5.41) is 136. The average Bonchev–Trinajstić information content (AvgIpc) is 0.754. The van der Waals surface area contributed by atoms with E-state index in [0.717, 1.165) is 64.7 Å². The number of hydrogen-bond donors (Lipinski definition) is 14. The molecule has 23 heteroatoms. The van der Waals surface area contributed by atoms with Gasteiger partial charge in [0.2, 0.25) is 11.8 Å². The maximum absolute atomic E-state index is 13.5. The number of allylic oxidation sites excluding steroid dienone is 4. The lowest BCUT2D eigenvalue weighted by Crippen LogP contribution is -2.70. The summed E-state index contributed by atoms with van der Waals surface area (Å²) >= 11 is 0. The van der Waals surface area contributed by atoms with Crippen molar-refractivity contribution in [1.82, 2.24) is 10.6 Å². The van der Waals surface area contributed by atoms with Crippen molar-refractivity contribution in [3.05, 3.63) is 24.3 Å². The second-order valence-corrected chi connectivity index (χ2v) is 30.3. The molecule has 3 fully saturated rings. The molecule has 18 atom stereocenters. The minimum Gasteiger partial charge on any atom is -0.477 e. The van der Waals surface area contributed by atoms with Crippen LogP contribution >= 0.6 is 0 Å². The van der Waals surface area contributed by atoms with Gasteiger partial charge in [0.05, 0.1) is 50.7 Å². The highest BCUT2D eigenvalue weighted by atomic mass is 16.8. The van der Waals surface area contributed by atoms with Crippen LogP contribution in [-0.2, 0) is 42.8 Å². The first-order valence-electron chi connectivity index (χ1n) is 41.7. The highest BCUT2D eigenvalue weighted by Crippen LogP contribution is 2.39. The van der Waals surface area contributed by atoms with E-state index in [-0.39, 0.29) is 18.9 Å². The number of aliphatic hydroxyl groups is 11. The third-order valence-electron chi connectivity index (χ3n) is 21.2. The van der Waals surface area contributed by atoms with Crippen molar-refractivity contribution in [3.63, 3.8) is 0 Å². The Bertz CT molecular complexity index is 2170. The summed E-state index contributed by atoms with van der Waals surface area (Å²) in [6.45, 7) is 2.22. The normalized spacial score (nSPS) is 26.5. The molecule has 0 aromatic carbocycles. The SMILES string of the molecule is CCCCCCCCCCCCCCCCC/C=C\C/C=C\CCCCCCCCCCCCCCCCCCCC(=O)NC(COC1OC(CO)C(OC2OC(CO)C(O)C(OC3(C(=O)O)CC(O)C(NC(C)=O)C(C(O)C(O)CO)O3)C2O)C(O)C1O)C(O)CCCCCCCCCCCCC. The highest BCUT2D eigenvalue weighted by Gasteiger charge is 2.60. The Kier molecular flexibility index (Phi) is 55.0. The van der Waals surface area contributed by atoms with Crippen molar-refractivity contribution in [2.45, 2.75) is 445 Å². The summed E-state index contributed by atoms with van der Waals surface area (Å²) in [5.74, 6) is -6.10. The van der Waals surface area contributed by atoms with E-state index in [4.69, 9.17) is 28.4 Å². The first kappa shape index (κ1) is 95.4. The molecule has 0 bridgehead atoms. The second kappa shape index (κ2) is 60.0. The zero-order valence-electron chi connectivity index (χ0n) is 64.6. The van der Waals surface area contributed by atoms with Crippen LogP contribution in [-0.4, -0.2) is 215 Å². The number of aliphatic hydroxyl groups excluding tert-OH is 11. The van der Waals surface area contributed by atoms with Gasteiger partial charge in [-0.15, -0.1) is 0 Å². The minimum absolute atomic E-state index is 0.225. The molecule has 18 unspecified atom stereocenters. The van der Waals surface area contributed by atoms with E-state index in [1.807, 2.05) is 0 Å². The van der Waals surface area contributed by atoms with Crippen molar-refractivity contribution in [3.8, 4) is 0 Å². The van der Waals surface area contributed by atoms with Crippen molar-refractivity contribution in [2.75, 3.05) is 26.4 Å². The summed E-state index contributed by atoms with van der Waals surface area (Å²) in [5.41, 5.74) is 0. The van der Waals surface area contributed by atoms with Gasteiger partial charge in [0.25, 0.3) is 5.79 Å². The molecule has 14 N–H and O–H groups in total. The minimum atomic E-state index is -3.08. The van der Waals surface area contributed by atoms with Crippen LogP contribution in [0.5, 0.6) is 0 Å². The van der Waals surface area contributed by atoms with Crippen molar-refractivity contribution in [2.24, 2.45) is 0 Å². The summed E-state index contributed by atoms with van der Waals surface area (Å²) in [4.78, 5) is 38.6. The molecular weight excluding hydrogens is 1340 g/mol. The van der Waals surface area contributed by atoms with Crippen molar-refractivity contribution < 1.29 is 104 Å². The lowest BCUT2D eigenvalue weighted by Gasteiger charge is -2.50. The molecule has 3 saturated heterocycles. The molecule has 3 rings (SSSR count). The number of unbranched alkanes of at least 4 members (excludes halogenated alkanes) is 42. The largest absolute Gasteiger partial charge is 0.477 e. The standard InChI is InChI=1S/C81H150N2O21/c1-4-6-8-10-12-14-16-17-18-19-20-21-22-23-24-25-26-27-28-29-30-31-32-33-34-35-36-37-38-39-40-41-42-43-45-47-49-51-53-55-68(91)83-62(63(88)54-52-50-48-46-44-15-13-11-9-7-5-2)60-99-78-73(95)72(94)75(67(59-86)101-78)102-79-74(96)77(71(93)66(58-85)100-79)104-81(80(97)98)56-64(89)69(82-61(3)87)76(103-81)70(92)65(90)57-84/h26-27,29-30,62-67,69-79,84-86,88-90,92-96H,4-25,28,31-60H2,1-3H3,(H,82,87)(H,83,91)(H,97,98)/b27-26-,30-29-. The monoisotopic (exact) mass is 1490 g/mol. The van der Waals surface area contributed by atoms with Crippen LogP contribution in [0, 0.1) is 0 Å². The molecule has 104 heavy (non-hydrogen) atoms. The maximum atomic E-state index is 13.5. The van der Waals surface area contributed by atoms with Gasteiger partial charge in [-0.2, -0.15) is 0 Å². The predicted molar refractivity (Wildman–Crippen MR) is 403 cm³/mol. The number of carbonyl (C=O) groups is 3. The van der Waals surface area contributed by atoms with E-state index in [2.05, 4.69) is 48.8 Å². The van der Waals surface area contributed by atoms with E-state index in [1.54, 1.807) is 0 Å². The molecular formula is C81H150N2O21. The van der Waals surface area contributed by atoms with Gasteiger partial charge < -0.3 is 100 Å². The first-order chi connectivity index (χ1) is 50.4.